The van der Waals surface area contributed by atoms with E-state index in [1.54, 1.807) is 4.99 Å². The maximum absolute atomic E-state index is 10.1. The molecule has 7 heavy (non-hydrogen) atoms. The fourth-order valence-electron chi connectivity index (χ4n) is 0. The molecule has 0 aromatic rings. The molecule has 0 aliphatic carbocycles. The van der Waals surface area contributed by atoms with Gasteiger partial charge in [0.05, 0.1) is 0 Å². The molecule has 0 amide bonds. The van der Waals surface area contributed by atoms with Gasteiger partial charge in [-0.05, 0) is 11.6 Å². The van der Waals surface area contributed by atoms with E-state index in [1.165, 1.54) is 0 Å². The summed E-state index contributed by atoms with van der Waals surface area (Å²) in [7, 11) is 0. The summed E-state index contributed by atoms with van der Waals surface area (Å²) in [5, 5.41) is 0. The SMILES string of the molecule is C=C(F)F.C=CBr. The van der Waals surface area contributed by atoms with Crippen molar-refractivity contribution in [3.8, 4) is 0 Å². The average molecular weight is 171 g/mol. The van der Waals surface area contributed by atoms with Crippen molar-refractivity contribution in [2.45, 2.75) is 0 Å². The van der Waals surface area contributed by atoms with Crippen LogP contribution in [-0.2, 0) is 0 Å². The maximum Gasteiger partial charge on any atom is 0.263 e. The highest BCUT2D eigenvalue weighted by atomic mass is 79.9. The van der Waals surface area contributed by atoms with E-state index < -0.39 is 6.08 Å². The van der Waals surface area contributed by atoms with Gasteiger partial charge in [-0.3, -0.25) is 0 Å². The summed E-state index contributed by atoms with van der Waals surface area (Å²) in [6.07, 6.45) is -1.83. The van der Waals surface area contributed by atoms with Crippen molar-refractivity contribution >= 4 is 15.9 Å². The Morgan fingerprint density at radius 2 is 1.57 bits per heavy atom. The van der Waals surface area contributed by atoms with Crippen LogP contribution in [0.25, 0.3) is 0 Å². The Morgan fingerprint density at radius 3 is 1.57 bits per heavy atom. The molecule has 0 aliphatic rings. The molecule has 0 spiro atoms. The first kappa shape index (κ1) is 9.94. The molecule has 0 aromatic carbocycles. The number of hydrogen-bond donors (Lipinski definition) is 0. The van der Waals surface area contributed by atoms with Gasteiger partial charge in [-0.25, -0.2) is 0 Å². The van der Waals surface area contributed by atoms with Gasteiger partial charge in [0.2, 0.25) is 0 Å². The molecule has 42 valence electrons. The Hall–Kier alpha value is -0.180. The molecule has 0 radical (unpaired) electrons. The minimum Gasteiger partial charge on any atom is -0.174 e. The average Bonchev–Trinajstić information content (AvgIpc) is 1.33. The first-order chi connectivity index (χ1) is 3.15. The fraction of sp³-hybridized carbons (Fsp3) is 0. The Balaban J connectivity index is 0. The molecule has 0 N–H and O–H groups in total. The topological polar surface area (TPSA) is 0 Å². The Bertz CT molecular complexity index is 56.7. The van der Waals surface area contributed by atoms with Crippen molar-refractivity contribution in [3.05, 3.63) is 24.2 Å². The molecular formula is C4H5BrF2. The van der Waals surface area contributed by atoms with E-state index in [-0.39, 0.29) is 0 Å². The monoisotopic (exact) mass is 170 g/mol. The van der Waals surface area contributed by atoms with Crippen molar-refractivity contribution < 1.29 is 8.78 Å². The van der Waals surface area contributed by atoms with Crippen LogP contribution in [0.1, 0.15) is 0 Å². The van der Waals surface area contributed by atoms with E-state index in [0.717, 1.165) is 0 Å². The fourth-order valence-corrected chi connectivity index (χ4v) is 0. The van der Waals surface area contributed by atoms with Gasteiger partial charge < -0.3 is 0 Å². The van der Waals surface area contributed by atoms with Crippen LogP contribution in [0.5, 0.6) is 0 Å². The molecule has 0 unspecified atom stereocenters. The van der Waals surface area contributed by atoms with Crippen LogP contribution in [0.2, 0.25) is 0 Å². The van der Waals surface area contributed by atoms with Crippen molar-refractivity contribution in [3.63, 3.8) is 0 Å². The molecule has 0 rings (SSSR count). The van der Waals surface area contributed by atoms with E-state index in [4.69, 9.17) is 0 Å². The summed E-state index contributed by atoms with van der Waals surface area (Å²) in [6.45, 7) is 5.50. The van der Waals surface area contributed by atoms with Gasteiger partial charge in [0.25, 0.3) is 6.08 Å². The zero-order valence-corrected chi connectivity index (χ0v) is 5.21. The van der Waals surface area contributed by atoms with E-state index in [0.29, 0.717) is 0 Å². The van der Waals surface area contributed by atoms with Crippen LogP contribution < -0.4 is 0 Å². The molecular weight excluding hydrogens is 166 g/mol. The first-order valence-corrected chi connectivity index (χ1v) is 2.27. The second-order valence-corrected chi connectivity index (χ2v) is 1.14. The van der Waals surface area contributed by atoms with Crippen LogP contribution in [0, 0.1) is 0 Å². The Labute approximate surface area is 49.7 Å². The van der Waals surface area contributed by atoms with Crippen molar-refractivity contribution in [1.82, 2.24) is 0 Å². The second-order valence-electron chi connectivity index (χ2n) is 0.493. The molecule has 0 aliphatic heterocycles. The highest BCUT2D eigenvalue weighted by molar-refractivity contribution is 9.11. The van der Waals surface area contributed by atoms with Crippen LogP contribution in [0.3, 0.4) is 0 Å². The molecule has 0 heterocycles. The molecule has 0 bridgehead atoms. The highest BCUT2D eigenvalue weighted by Crippen LogP contribution is 1.85. The summed E-state index contributed by atoms with van der Waals surface area (Å²) < 4.78 is 20.3. The first-order valence-electron chi connectivity index (χ1n) is 1.36. The zero-order valence-electron chi connectivity index (χ0n) is 3.63. The molecule has 0 nitrogen and oxygen atoms in total. The Kier molecular flexibility index (Phi) is 13.2. The summed E-state index contributed by atoms with van der Waals surface area (Å²) >= 11 is 2.91. The standard InChI is InChI=1S/C2H3Br.C2H2F2/c1-2-3;1-2(3)4/h2H,1H2;1H2. The van der Waals surface area contributed by atoms with Gasteiger partial charge in [0.15, 0.2) is 0 Å². The van der Waals surface area contributed by atoms with Crippen molar-refractivity contribution in [1.29, 1.82) is 0 Å². The molecule has 0 fully saturated rings. The third-order valence-electron chi connectivity index (χ3n) is 0. The number of hydrogen-bond acceptors (Lipinski definition) is 0. The predicted octanol–water partition coefficient (Wildman–Crippen LogP) is 2.92. The number of rotatable bonds is 0. The Morgan fingerprint density at radius 1 is 1.57 bits per heavy atom. The lowest BCUT2D eigenvalue weighted by Crippen LogP contribution is -1.33. The van der Waals surface area contributed by atoms with Crippen LogP contribution >= 0.6 is 15.9 Å². The van der Waals surface area contributed by atoms with Crippen molar-refractivity contribution in [2.24, 2.45) is 0 Å². The van der Waals surface area contributed by atoms with Gasteiger partial charge in [-0.1, -0.05) is 22.5 Å². The maximum atomic E-state index is 10.1. The van der Waals surface area contributed by atoms with Gasteiger partial charge in [0, 0.05) is 0 Å². The van der Waals surface area contributed by atoms with Crippen LogP contribution in [-0.4, -0.2) is 0 Å². The quantitative estimate of drug-likeness (QED) is 0.525. The van der Waals surface area contributed by atoms with Gasteiger partial charge in [-0.2, -0.15) is 8.78 Å². The van der Waals surface area contributed by atoms with Gasteiger partial charge in [-0.15, -0.1) is 0 Å². The largest absolute Gasteiger partial charge is 0.263 e. The summed E-state index contributed by atoms with van der Waals surface area (Å²) in [6, 6.07) is 0. The van der Waals surface area contributed by atoms with Crippen LogP contribution in [0.15, 0.2) is 24.2 Å². The van der Waals surface area contributed by atoms with E-state index in [1.807, 2.05) is 0 Å². The predicted molar refractivity (Wildman–Crippen MR) is 30.5 cm³/mol. The van der Waals surface area contributed by atoms with E-state index >= 15 is 0 Å². The molecule has 0 atom stereocenters. The zero-order chi connectivity index (χ0) is 6.28. The highest BCUT2D eigenvalue weighted by Gasteiger charge is 1.65. The number of halogens is 3. The third kappa shape index (κ3) is 2620. The minimum atomic E-state index is -1.83. The molecule has 3 heteroatoms. The van der Waals surface area contributed by atoms with E-state index in [2.05, 4.69) is 29.1 Å². The summed E-state index contributed by atoms with van der Waals surface area (Å²) in [5.74, 6) is 0. The van der Waals surface area contributed by atoms with Crippen LogP contribution in [0.4, 0.5) is 8.78 Å². The summed E-state index contributed by atoms with van der Waals surface area (Å²) in [4.78, 5) is 1.56. The summed E-state index contributed by atoms with van der Waals surface area (Å²) in [5.41, 5.74) is 0. The van der Waals surface area contributed by atoms with E-state index in [9.17, 15) is 8.78 Å². The lowest BCUT2D eigenvalue weighted by molar-refractivity contribution is 0.426. The molecule has 0 aromatic heterocycles. The second kappa shape index (κ2) is 9.27. The smallest absolute Gasteiger partial charge is 0.174 e. The molecule has 0 saturated carbocycles. The lowest BCUT2D eigenvalue weighted by Gasteiger charge is -1.54. The lowest BCUT2D eigenvalue weighted by atomic mass is 11.2. The normalized spacial score (nSPS) is 5.57. The third-order valence-corrected chi connectivity index (χ3v) is 0. The minimum absolute atomic E-state index is 1.56. The van der Waals surface area contributed by atoms with Crippen molar-refractivity contribution in [2.75, 3.05) is 0 Å². The van der Waals surface area contributed by atoms with Gasteiger partial charge in [0.1, 0.15) is 0 Å². The van der Waals surface area contributed by atoms with Gasteiger partial charge >= 0.3 is 0 Å². The molecule has 0 saturated heterocycles.